The monoisotopic (exact) mass is 362 g/mol. The number of hydrogen-bond donors (Lipinski definition) is 0. The summed E-state index contributed by atoms with van der Waals surface area (Å²) >= 11 is 0. The maximum Gasteiger partial charge on any atom is 0.231 e. The van der Waals surface area contributed by atoms with Crippen LogP contribution in [-0.2, 0) is 16.3 Å². The molecule has 0 aliphatic carbocycles. The zero-order valence-electron chi connectivity index (χ0n) is 14.2. The predicted octanol–water partition coefficient (Wildman–Crippen LogP) is 2.71. The molecule has 3 heterocycles. The summed E-state index contributed by atoms with van der Waals surface area (Å²) in [5, 5.41) is 0. The van der Waals surface area contributed by atoms with Gasteiger partial charge in [0.05, 0.1) is 11.5 Å². The molecule has 25 heavy (non-hydrogen) atoms. The first kappa shape index (κ1) is 16.4. The number of rotatable bonds is 4. The molecule has 1 fully saturated rings. The Hall–Kier alpha value is -2.02. The van der Waals surface area contributed by atoms with Crippen molar-refractivity contribution in [2.24, 2.45) is 0 Å². The lowest BCUT2D eigenvalue weighted by Gasteiger charge is -2.26. The smallest absolute Gasteiger partial charge is 0.231 e. The fourth-order valence-electron chi connectivity index (χ4n) is 3.68. The van der Waals surface area contributed by atoms with Crippen LogP contribution < -0.4 is 9.47 Å². The quantitative estimate of drug-likeness (QED) is 0.836. The van der Waals surface area contributed by atoms with Gasteiger partial charge in [0.25, 0.3) is 0 Å². The molecule has 7 heteroatoms. The van der Waals surface area contributed by atoms with E-state index < -0.39 is 9.84 Å². The van der Waals surface area contributed by atoms with Gasteiger partial charge in [-0.1, -0.05) is 13.0 Å². The highest BCUT2D eigenvalue weighted by Gasteiger charge is 2.27. The summed E-state index contributed by atoms with van der Waals surface area (Å²) < 4.78 is 36.3. The Labute approximate surface area is 147 Å². The molecule has 1 saturated heterocycles. The van der Waals surface area contributed by atoms with Crippen LogP contribution in [0.15, 0.2) is 30.6 Å². The van der Waals surface area contributed by atoms with Gasteiger partial charge in [0.2, 0.25) is 6.79 Å². The van der Waals surface area contributed by atoms with Crippen LogP contribution in [0.3, 0.4) is 0 Å². The fraction of sp³-hybridized carbons (Fsp3) is 0.500. The van der Waals surface area contributed by atoms with E-state index in [0.717, 1.165) is 23.7 Å². The minimum absolute atomic E-state index is 0.222. The van der Waals surface area contributed by atoms with Crippen molar-refractivity contribution in [3.05, 3.63) is 42.0 Å². The van der Waals surface area contributed by atoms with Crippen molar-refractivity contribution < 1.29 is 17.9 Å². The molecular weight excluding hydrogens is 340 g/mol. The molecule has 1 atom stereocenters. The van der Waals surface area contributed by atoms with Crippen molar-refractivity contribution in [2.45, 2.75) is 38.1 Å². The molecule has 2 aromatic rings. The highest BCUT2D eigenvalue weighted by molar-refractivity contribution is 7.91. The second-order valence-corrected chi connectivity index (χ2v) is 9.17. The van der Waals surface area contributed by atoms with Gasteiger partial charge in [-0.3, -0.25) is 0 Å². The molecule has 0 spiro atoms. The Morgan fingerprint density at radius 1 is 1.24 bits per heavy atom. The van der Waals surface area contributed by atoms with Crippen molar-refractivity contribution in [1.29, 1.82) is 0 Å². The number of nitrogens with zero attached hydrogens (tertiary/aromatic N) is 2. The van der Waals surface area contributed by atoms with Gasteiger partial charge in [-0.25, -0.2) is 13.4 Å². The van der Waals surface area contributed by atoms with E-state index in [1.54, 1.807) is 0 Å². The molecule has 4 rings (SSSR count). The van der Waals surface area contributed by atoms with E-state index in [2.05, 4.69) is 22.5 Å². The number of imidazole rings is 1. The molecule has 1 unspecified atom stereocenters. The summed E-state index contributed by atoms with van der Waals surface area (Å²) in [6.45, 7) is 2.44. The summed E-state index contributed by atoms with van der Waals surface area (Å²) in [5.41, 5.74) is 1.18. The second-order valence-electron chi connectivity index (χ2n) is 6.87. The van der Waals surface area contributed by atoms with Crippen molar-refractivity contribution in [3.8, 4) is 11.5 Å². The first-order valence-electron chi connectivity index (χ1n) is 8.63. The molecule has 2 aliphatic rings. The van der Waals surface area contributed by atoms with Crippen LogP contribution in [0.2, 0.25) is 0 Å². The average Bonchev–Trinajstić information content (AvgIpc) is 3.23. The molecule has 2 aliphatic heterocycles. The zero-order valence-corrected chi connectivity index (χ0v) is 15.0. The van der Waals surface area contributed by atoms with Gasteiger partial charge in [0.1, 0.15) is 15.7 Å². The number of ether oxygens (including phenoxy) is 2. The minimum atomic E-state index is -2.85. The minimum Gasteiger partial charge on any atom is -0.454 e. The molecule has 134 valence electrons. The second kappa shape index (κ2) is 6.37. The first-order chi connectivity index (χ1) is 12.0. The van der Waals surface area contributed by atoms with Gasteiger partial charge in [-0.05, 0) is 37.0 Å². The molecule has 6 nitrogen and oxygen atoms in total. The molecule has 1 aromatic heterocycles. The average molecular weight is 362 g/mol. The van der Waals surface area contributed by atoms with E-state index >= 15 is 0 Å². The SMILES string of the molecule is CC(Cc1ccc2c(c1)OCO2)c1nccn1C1CCS(=O)(=O)CC1. The lowest BCUT2D eigenvalue weighted by molar-refractivity contribution is 0.174. The van der Waals surface area contributed by atoms with E-state index in [1.807, 2.05) is 24.5 Å². The molecule has 0 N–H and O–H groups in total. The fourth-order valence-corrected chi connectivity index (χ4v) is 5.15. The Kier molecular flexibility index (Phi) is 4.19. The summed E-state index contributed by atoms with van der Waals surface area (Å²) in [5.74, 6) is 3.38. The highest BCUT2D eigenvalue weighted by Crippen LogP contribution is 2.34. The maximum absolute atomic E-state index is 11.7. The highest BCUT2D eigenvalue weighted by atomic mass is 32.2. The predicted molar refractivity (Wildman–Crippen MR) is 93.8 cm³/mol. The summed E-state index contributed by atoms with van der Waals surface area (Å²) in [7, 11) is -2.85. The number of sulfone groups is 1. The van der Waals surface area contributed by atoms with Crippen LogP contribution >= 0.6 is 0 Å². The largest absolute Gasteiger partial charge is 0.454 e. The van der Waals surface area contributed by atoms with Crippen LogP contribution in [0, 0.1) is 0 Å². The number of hydrogen-bond acceptors (Lipinski definition) is 5. The number of aromatic nitrogens is 2. The van der Waals surface area contributed by atoms with Gasteiger partial charge in [-0.15, -0.1) is 0 Å². The van der Waals surface area contributed by atoms with Gasteiger partial charge >= 0.3 is 0 Å². The van der Waals surface area contributed by atoms with Crippen LogP contribution in [-0.4, -0.2) is 36.3 Å². The lowest BCUT2D eigenvalue weighted by atomic mass is 9.99. The number of fused-ring (bicyclic) bond motifs is 1. The third-order valence-electron chi connectivity index (χ3n) is 5.04. The van der Waals surface area contributed by atoms with Crippen LogP contribution in [0.5, 0.6) is 11.5 Å². The van der Waals surface area contributed by atoms with Crippen molar-refractivity contribution in [1.82, 2.24) is 9.55 Å². The molecule has 0 amide bonds. The molecule has 0 saturated carbocycles. The van der Waals surface area contributed by atoms with E-state index in [4.69, 9.17) is 9.47 Å². The van der Waals surface area contributed by atoms with E-state index in [9.17, 15) is 8.42 Å². The van der Waals surface area contributed by atoms with Crippen molar-refractivity contribution >= 4 is 9.84 Å². The molecular formula is C18H22N2O4S. The van der Waals surface area contributed by atoms with Crippen LogP contribution in [0.25, 0.3) is 0 Å². The number of benzene rings is 1. The van der Waals surface area contributed by atoms with Gasteiger partial charge in [0, 0.05) is 24.4 Å². The van der Waals surface area contributed by atoms with E-state index in [0.29, 0.717) is 12.8 Å². The third kappa shape index (κ3) is 3.38. The molecule has 1 aromatic carbocycles. The standard InChI is InChI=1S/C18H22N2O4S/c1-13(10-14-2-3-16-17(11-14)24-12-23-16)18-19-6-7-20(18)15-4-8-25(21,22)9-5-15/h2-3,6-7,11,13,15H,4-5,8-10,12H2,1H3. The van der Waals surface area contributed by atoms with Crippen molar-refractivity contribution in [2.75, 3.05) is 18.3 Å². The van der Waals surface area contributed by atoms with Crippen molar-refractivity contribution in [3.63, 3.8) is 0 Å². The Bertz CT molecular complexity index is 861. The van der Waals surface area contributed by atoms with Crippen LogP contribution in [0.4, 0.5) is 0 Å². The normalized spacial score (nSPS) is 20.5. The summed E-state index contributed by atoms with van der Waals surface area (Å²) in [4.78, 5) is 4.55. The van der Waals surface area contributed by atoms with Gasteiger partial charge in [-0.2, -0.15) is 0 Å². The summed E-state index contributed by atoms with van der Waals surface area (Å²) in [6, 6.07) is 6.26. The third-order valence-corrected chi connectivity index (χ3v) is 6.75. The Morgan fingerprint density at radius 2 is 2.00 bits per heavy atom. The van der Waals surface area contributed by atoms with Gasteiger partial charge < -0.3 is 14.0 Å². The van der Waals surface area contributed by atoms with E-state index in [-0.39, 0.29) is 30.3 Å². The first-order valence-corrected chi connectivity index (χ1v) is 10.5. The Balaban J connectivity index is 1.50. The lowest BCUT2D eigenvalue weighted by Crippen LogP contribution is -2.26. The Morgan fingerprint density at radius 3 is 2.80 bits per heavy atom. The summed E-state index contributed by atoms with van der Waals surface area (Å²) in [6.07, 6.45) is 5.98. The topological polar surface area (TPSA) is 70.4 Å². The molecule has 0 bridgehead atoms. The van der Waals surface area contributed by atoms with E-state index in [1.165, 1.54) is 5.56 Å². The van der Waals surface area contributed by atoms with Gasteiger partial charge in [0.15, 0.2) is 11.5 Å². The maximum atomic E-state index is 11.7. The molecule has 0 radical (unpaired) electrons. The zero-order chi connectivity index (χ0) is 17.4. The van der Waals surface area contributed by atoms with Crippen LogP contribution in [0.1, 0.15) is 43.1 Å².